The molecule has 19 heavy (non-hydrogen) atoms. The van der Waals surface area contributed by atoms with Gasteiger partial charge in [-0.3, -0.25) is 4.79 Å². The van der Waals surface area contributed by atoms with Crippen molar-refractivity contribution in [2.75, 3.05) is 0 Å². The lowest BCUT2D eigenvalue weighted by molar-refractivity contribution is 0.0911. The highest BCUT2D eigenvalue weighted by molar-refractivity contribution is 9.10. The van der Waals surface area contributed by atoms with Crippen molar-refractivity contribution < 1.29 is 4.79 Å². The Morgan fingerprint density at radius 2 is 1.89 bits per heavy atom. The zero-order chi connectivity index (χ0) is 14.0. The van der Waals surface area contributed by atoms with E-state index in [0.717, 1.165) is 17.3 Å². The maximum absolute atomic E-state index is 12.2. The molecule has 1 aromatic rings. The van der Waals surface area contributed by atoms with Crippen LogP contribution in [0.15, 0.2) is 22.7 Å². The fourth-order valence-electron chi connectivity index (χ4n) is 2.97. The average molecular weight is 345 g/mol. The van der Waals surface area contributed by atoms with Gasteiger partial charge in [0.05, 0.1) is 5.02 Å². The Bertz CT molecular complexity index is 467. The number of halogens is 2. The standard InChI is InChI=1S/C15H19BrClNO/c1-9-5-10(2)7-12(6-9)18-15(19)11-3-4-13(16)14(17)8-11/h3-4,8-10,12H,5-7H2,1-2H3,(H,18,19). The Kier molecular flexibility index (Phi) is 4.91. The molecule has 1 fully saturated rings. The van der Waals surface area contributed by atoms with E-state index in [1.807, 2.05) is 6.07 Å². The average Bonchev–Trinajstić information content (AvgIpc) is 2.31. The molecule has 1 saturated carbocycles. The maximum Gasteiger partial charge on any atom is 0.251 e. The Labute approximate surface area is 128 Å². The summed E-state index contributed by atoms with van der Waals surface area (Å²) in [7, 11) is 0. The van der Waals surface area contributed by atoms with Crippen molar-refractivity contribution >= 4 is 33.4 Å². The number of carbonyl (C=O) groups is 1. The number of hydrogen-bond donors (Lipinski definition) is 1. The lowest BCUT2D eigenvalue weighted by Gasteiger charge is -2.32. The van der Waals surface area contributed by atoms with E-state index in [1.165, 1.54) is 6.42 Å². The SMILES string of the molecule is CC1CC(C)CC(NC(=O)c2ccc(Br)c(Cl)c2)C1. The van der Waals surface area contributed by atoms with Crippen molar-refractivity contribution in [3.63, 3.8) is 0 Å². The normalized spacial score (nSPS) is 27.1. The van der Waals surface area contributed by atoms with E-state index in [9.17, 15) is 4.79 Å². The van der Waals surface area contributed by atoms with Crippen LogP contribution in [-0.4, -0.2) is 11.9 Å². The second-order valence-corrected chi connectivity index (χ2v) is 6.98. The van der Waals surface area contributed by atoms with Crippen LogP contribution >= 0.6 is 27.5 Å². The van der Waals surface area contributed by atoms with Crippen molar-refractivity contribution in [3.05, 3.63) is 33.3 Å². The largest absolute Gasteiger partial charge is 0.349 e. The van der Waals surface area contributed by atoms with Crippen LogP contribution in [-0.2, 0) is 0 Å². The number of amides is 1. The Hall–Kier alpha value is -0.540. The Balaban J connectivity index is 2.02. The maximum atomic E-state index is 12.2. The minimum absolute atomic E-state index is 0.0271. The summed E-state index contributed by atoms with van der Waals surface area (Å²) in [5, 5.41) is 3.70. The number of rotatable bonds is 2. The fourth-order valence-corrected chi connectivity index (χ4v) is 3.40. The smallest absolute Gasteiger partial charge is 0.251 e. The molecule has 2 nitrogen and oxygen atoms in total. The molecule has 4 heteroatoms. The van der Waals surface area contributed by atoms with Gasteiger partial charge in [-0.2, -0.15) is 0 Å². The van der Waals surface area contributed by atoms with Crippen LogP contribution in [0.3, 0.4) is 0 Å². The molecule has 1 aliphatic carbocycles. The summed E-state index contributed by atoms with van der Waals surface area (Å²) < 4.78 is 0.811. The van der Waals surface area contributed by atoms with E-state index in [4.69, 9.17) is 11.6 Å². The van der Waals surface area contributed by atoms with Crippen molar-refractivity contribution in [2.45, 2.75) is 39.2 Å². The predicted octanol–water partition coefficient (Wildman–Crippen LogP) is 4.66. The van der Waals surface area contributed by atoms with Gasteiger partial charge in [0, 0.05) is 16.1 Å². The Morgan fingerprint density at radius 1 is 1.26 bits per heavy atom. The van der Waals surface area contributed by atoms with Gasteiger partial charge < -0.3 is 5.32 Å². The third kappa shape index (κ3) is 3.96. The molecule has 0 aliphatic heterocycles. The predicted molar refractivity (Wildman–Crippen MR) is 82.6 cm³/mol. The van der Waals surface area contributed by atoms with Crippen molar-refractivity contribution in [3.8, 4) is 0 Å². The first-order chi connectivity index (χ1) is 8.95. The van der Waals surface area contributed by atoms with Gasteiger partial charge in [0.1, 0.15) is 0 Å². The molecule has 1 amide bonds. The summed E-state index contributed by atoms with van der Waals surface area (Å²) in [4.78, 5) is 12.2. The lowest BCUT2D eigenvalue weighted by atomic mass is 9.80. The van der Waals surface area contributed by atoms with Gasteiger partial charge in [0.15, 0.2) is 0 Å². The molecule has 104 valence electrons. The zero-order valence-corrected chi connectivity index (χ0v) is 13.6. The molecular formula is C15H19BrClNO. The minimum Gasteiger partial charge on any atom is -0.349 e. The van der Waals surface area contributed by atoms with Gasteiger partial charge >= 0.3 is 0 Å². The molecule has 1 aromatic carbocycles. The highest BCUT2D eigenvalue weighted by atomic mass is 79.9. The van der Waals surface area contributed by atoms with E-state index in [-0.39, 0.29) is 11.9 Å². The van der Waals surface area contributed by atoms with Crippen LogP contribution < -0.4 is 5.32 Å². The van der Waals surface area contributed by atoms with Crippen LogP contribution in [0.5, 0.6) is 0 Å². The topological polar surface area (TPSA) is 29.1 Å². The first-order valence-electron chi connectivity index (χ1n) is 6.71. The first kappa shape index (κ1) is 14.9. The van der Waals surface area contributed by atoms with Gasteiger partial charge in [0.25, 0.3) is 5.91 Å². The molecule has 2 unspecified atom stereocenters. The first-order valence-corrected chi connectivity index (χ1v) is 7.88. The molecule has 1 aliphatic rings. The summed E-state index contributed by atoms with van der Waals surface area (Å²) >= 11 is 9.35. The van der Waals surface area contributed by atoms with Crippen LogP contribution in [0.1, 0.15) is 43.5 Å². The molecule has 0 saturated heterocycles. The van der Waals surface area contributed by atoms with E-state index in [1.54, 1.807) is 12.1 Å². The molecule has 0 radical (unpaired) electrons. The number of hydrogen-bond acceptors (Lipinski definition) is 1. The summed E-state index contributed by atoms with van der Waals surface area (Å²) in [5.41, 5.74) is 0.624. The number of nitrogens with one attached hydrogen (secondary N) is 1. The monoisotopic (exact) mass is 343 g/mol. The highest BCUT2D eigenvalue weighted by Crippen LogP contribution is 2.29. The molecule has 0 bridgehead atoms. The third-order valence-corrected chi connectivity index (χ3v) is 4.93. The van der Waals surface area contributed by atoms with Gasteiger partial charge in [-0.25, -0.2) is 0 Å². The van der Waals surface area contributed by atoms with Crippen molar-refractivity contribution in [1.82, 2.24) is 5.32 Å². The lowest BCUT2D eigenvalue weighted by Crippen LogP contribution is -2.40. The van der Waals surface area contributed by atoms with Gasteiger partial charge in [-0.15, -0.1) is 0 Å². The molecule has 0 spiro atoms. The summed E-state index contributed by atoms with van der Waals surface area (Å²) in [6, 6.07) is 5.59. The van der Waals surface area contributed by atoms with Crippen LogP contribution in [0.25, 0.3) is 0 Å². The quantitative estimate of drug-likeness (QED) is 0.831. The van der Waals surface area contributed by atoms with Crippen molar-refractivity contribution in [1.29, 1.82) is 0 Å². The molecule has 2 rings (SSSR count). The molecule has 0 heterocycles. The summed E-state index contributed by atoms with van der Waals surface area (Å²) in [6.07, 6.45) is 3.40. The third-order valence-electron chi connectivity index (χ3n) is 3.70. The molecule has 0 aromatic heterocycles. The Morgan fingerprint density at radius 3 is 2.47 bits per heavy atom. The van der Waals surface area contributed by atoms with Crippen LogP contribution in [0.2, 0.25) is 5.02 Å². The number of carbonyl (C=O) groups excluding carboxylic acids is 1. The minimum atomic E-state index is -0.0271. The van der Waals surface area contributed by atoms with Gasteiger partial charge in [-0.05, 0) is 65.2 Å². The number of benzene rings is 1. The summed E-state index contributed by atoms with van der Waals surface area (Å²) in [5.74, 6) is 1.34. The van der Waals surface area contributed by atoms with E-state index >= 15 is 0 Å². The van der Waals surface area contributed by atoms with Gasteiger partial charge in [-0.1, -0.05) is 25.4 Å². The van der Waals surface area contributed by atoms with Crippen LogP contribution in [0, 0.1) is 11.8 Å². The van der Waals surface area contributed by atoms with E-state index < -0.39 is 0 Å². The van der Waals surface area contributed by atoms with Gasteiger partial charge in [0.2, 0.25) is 0 Å². The van der Waals surface area contributed by atoms with Crippen LogP contribution in [0.4, 0.5) is 0 Å². The molecule has 1 N–H and O–H groups in total. The second-order valence-electron chi connectivity index (χ2n) is 5.72. The van der Waals surface area contributed by atoms with Crippen molar-refractivity contribution in [2.24, 2.45) is 11.8 Å². The second kappa shape index (κ2) is 6.27. The zero-order valence-electron chi connectivity index (χ0n) is 11.2. The molecular weight excluding hydrogens is 326 g/mol. The molecule has 2 atom stereocenters. The summed E-state index contributed by atoms with van der Waals surface area (Å²) in [6.45, 7) is 4.51. The fraction of sp³-hybridized carbons (Fsp3) is 0.533. The highest BCUT2D eigenvalue weighted by Gasteiger charge is 2.25. The van der Waals surface area contributed by atoms with E-state index in [0.29, 0.717) is 22.4 Å². The van der Waals surface area contributed by atoms with E-state index in [2.05, 4.69) is 35.1 Å².